The second-order valence-corrected chi connectivity index (χ2v) is 6.50. The highest BCUT2D eigenvalue weighted by Crippen LogP contribution is 2.50. The quantitative estimate of drug-likeness (QED) is 0.229. The van der Waals surface area contributed by atoms with Crippen molar-refractivity contribution in [3.8, 4) is 0 Å². The SMILES string of the molecule is C=CCNCC=C.CCCCC(F)C(F)(F)C(F)(F)C(F)(F)S(=O)(=O)O. The van der Waals surface area contributed by atoms with E-state index >= 15 is 0 Å². The van der Waals surface area contributed by atoms with Gasteiger partial charge in [0.25, 0.3) is 0 Å². The molecule has 0 aromatic carbocycles. The van der Waals surface area contributed by atoms with Crippen molar-refractivity contribution >= 4 is 10.1 Å². The minimum absolute atomic E-state index is 0.136. The van der Waals surface area contributed by atoms with E-state index in [9.17, 15) is 39.2 Å². The van der Waals surface area contributed by atoms with Crippen LogP contribution in [0.25, 0.3) is 0 Å². The van der Waals surface area contributed by atoms with Crippen LogP contribution >= 0.6 is 0 Å². The molecule has 2 N–H and O–H groups in total. The van der Waals surface area contributed by atoms with Crippen LogP contribution in [0.3, 0.4) is 0 Å². The Balaban J connectivity index is 0. The van der Waals surface area contributed by atoms with Gasteiger partial charge in [0.1, 0.15) is 0 Å². The fourth-order valence-electron chi connectivity index (χ4n) is 1.40. The molecule has 0 bridgehead atoms. The van der Waals surface area contributed by atoms with Crippen molar-refractivity contribution in [1.82, 2.24) is 5.32 Å². The molecule has 0 spiro atoms. The maximum Gasteiger partial charge on any atom is 0.438 e. The lowest BCUT2D eigenvalue weighted by Crippen LogP contribution is -2.61. The average Bonchev–Trinajstić information content (AvgIpc) is 2.52. The second-order valence-electron chi connectivity index (χ2n) is 5.03. The summed E-state index contributed by atoms with van der Waals surface area (Å²) in [7, 11) is -6.83. The Morgan fingerprint density at radius 1 is 1.08 bits per heavy atom. The Bertz CT molecular complexity index is 531. The van der Waals surface area contributed by atoms with Crippen molar-refractivity contribution in [2.24, 2.45) is 0 Å². The molecule has 0 fully saturated rings. The predicted molar refractivity (Wildman–Crippen MR) is 84.1 cm³/mol. The van der Waals surface area contributed by atoms with Crippen LogP contribution in [0.4, 0.5) is 30.7 Å². The van der Waals surface area contributed by atoms with Gasteiger partial charge in [0, 0.05) is 13.1 Å². The van der Waals surface area contributed by atoms with Crippen LogP contribution in [-0.2, 0) is 10.1 Å². The van der Waals surface area contributed by atoms with E-state index in [0.717, 1.165) is 13.1 Å². The summed E-state index contributed by atoms with van der Waals surface area (Å²) in [4.78, 5) is 0. The van der Waals surface area contributed by atoms with E-state index < -0.39 is 39.8 Å². The minimum Gasteiger partial charge on any atom is -0.310 e. The molecule has 4 nitrogen and oxygen atoms in total. The molecule has 0 amide bonds. The normalized spacial score (nSPS) is 14.2. The molecule has 0 heterocycles. The Kier molecular flexibility index (Phi) is 11.3. The molecule has 0 aliphatic heterocycles. The highest BCUT2D eigenvalue weighted by molar-refractivity contribution is 7.87. The lowest BCUT2D eigenvalue weighted by atomic mass is 10.0. The molecule has 0 saturated carbocycles. The van der Waals surface area contributed by atoms with Crippen molar-refractivity contribution in [3.05, 3.63) is 25.3 Å². The first kappa shape index (κ1) is 27.1. The molecular formula is C14H22F7NO3S. The van der Waals surface area contributed by atoms with Crippen molar-refractivity contribution in [2.75, 3.05) is 13.1 Å². The molecule has 26 heavy (non-hydrogen) atoms. The Morgan fingerprint density at radius 3 is 1.81 bits per heavy atom. The summed E-state index contributed by atoms with van der Waals surface area (Å²) >= 11 is 0. The standard InChI is InChI=1S/C8H11F7O3S.C6H11N/c1-2-3-4-5(9)6(10,11)7(12,13)8(14,15)19(16,17)18;1-3-5-7-6-4-2/h5H,2-4H2,1H3,(H,16,17,18);3-4,7H,1-2,5-6H2. The molecule has 0 aromatic heterocycles. The molecule has 0 rings (SSSR count). The smallest absolute Gasteiger partial charge is 0.310 e. The van der Waals surface area contributed by atoms with E-state index in [1.54, 1.807) is 0 Å². The molecule has 0 saturated heterocycles. The van der Waals surface area contributed by atoms with Crippen LogP contribution in [0.2, 0.25) is 0 Å². The summed E-state index contributed by atoms with van der Waals surface area (Å²) in [5, 5.41) is -3.45. The van der Waals surface area contributed by atoms with Crippen molar-refractivity contribution < 1.29 is 43.7 Å². The zero-order chi connectivity index (χ0) is 21.2. The van der Waals surface area contributed by atoms with Crippen molar-refractivity contribution in [3.63, 3.8) is 0 Å². The maximum atomic E-state index is 13.0. The van der Waals surface area contributed by atoms with Gasteiger partial charge in [-0.05, 0) is 6.42 Å². The van der Waals surface area contributed by atoms with Crippen LogP contribution in [0.15, 0.2) is 25.3 Å². The monoisotopic (exact) mass is 417 g/mol. The molecule has 0 radical (unpaired) electrons. The minimum atomic E-state index is -6.83. The molecule has 1 unspecified atom stereocenters. The van der Waals surface area contributed by atoms with E-state index in [1.807, 2.05) is 12.2 Å². The first-order valence-corrected chi connectivity index (χ1v) is 8.76. The highest BCUT2D eigenvalue weighted by Gasteiger charge is 2.79. The largest absolute Gasteiger partial charge is 0.438 e. The fraction of sp³-hybridized carbons (Fsp3) is 0.714. The zero-order valence-electron chi connectivity index (χ0n) is 14.0. The van der Waals surface area contributed by atoms with Gasteiger partial charge in [-0.2, -0.15) is 34.8 Å². The van der Waals surface area contributed by atoms with Gasteiger partial charge < -0.3 is 5.32 Å². The van der Waals surface area contributed by atoms with E-state index in [0.29, 0.717) is 0 Å². The summed E-state index contributed by atoms with van der Waals surface area (Å²) in [6.07, 6.45) is -1.33. The number of alkyl halides is 7. The van der Waals surface area contributed by atoms with E-state index in [1.165, 1.54) is 6.92 Å². The third-order valence-corrected chi connectivity index (χ3v) is 3.79. The number of nitrogens with one attached hydrogen (secondary N) is 1. The molecule has 12 heteroatoms. The predicted octanol–water partition coefficient (Wildman–Crippen LogP) is 4.21. The van der Waals surface area contributed by atoms with Gasteiger partial charge in [0.2, 0.25) is 0 Å². The Hall–Kier alpha value is -1.14. The lowest BCUT2D eigenvalue weighted by molar-refractivity contribution is -0.300. The third-order valence-electron chi connectivity index (χ3n) is 2.89. The van der Waals surface area contributed by atoms with Gasteiger partial charge in [-0.15, -0.1) is 13.2 Å². The first-order chi connectivity index (χ1) is 11.6. The number of hydrogen-bond acceptors (Lipinski definition) is 3. The molecular weight excluding hydrogens is 395 g/mol. The van der Waals surface area contributed by atoms with Crippen LogP contribution in [0, 0.1) is 0 Å². The number of hydrogen-bond donors (Lipinski definition) is 2. The third kappa shape index (κ3) is 6.88. The van der Waals surface area contributed by atoms with Crippen molar-refractivity contribution in [1.29, 1.82) is 0 Å². The summed E-state index contributed by atoms with van der Waals surface area (Å²) in [5.74, 6) is -12.5. The molecule has 0 aromatic rings. The van der Waals surface area contributed by atoms with E-state index in [-0.39, 0.29) is 12.8 Å². The molecule has 0 aliphatic carbocycles. The molecule has 0 aliphatic rings. The number of unbranched alkanes of at least 4 members (excludes halogenated alkanes) is 1. The van der Waals surface area contributed by atoms with Gasteiger partial charge in [0.15, 0.2) is 6.17 Å². The van der Waals surface area contributed by atoms with Crippen LogP contribution in [-0.4, -0.2) is 49.3 Å². The van der Waals surface area contributed by atoms with Crippen molar-refractivity contribution in [2.45, 2.75) is 49.5 Å². The van der Waals surface area contributed by atoms with Gasteiger partial charge in [-0.1, -0.05) is 31.9 Å². The summed E-state index contributed by atoms with van der Waals surface area (Å²) in [6.45, 7) is 10.2. The van der Waals surface area contributed by atoms with Crippen LogP contribution in [0.5, 0.6) is 0 Å². The van der Waals surface area contributed by atoms with Gasteiger partial charge in [0.05, 0.1) is 0 Å². The first-order valence-electron chi connectivity index (χ1n) is 7.32. The van der Waals surface area contributed by atoms with Gasteiger partial charge >= 0.3 is 27.2 Å². The fourth-order valence-corrected chi connectivity index (χ4v) is 1.86. The Morgan fingerprint density at radius 2 is 1.50 bits per heavy atom. The van der Waals surface area contributed by atoms with E-state index in [2.05, 4.69) is 18.5 Å². The van der Waals surface area contributed by atoms with Gasteiger partial charge in [-0.3, -0.25) is 4.55 Å². The van der Waals surface area contributed by atoms with Crippen LogP contribution in [0.1, 0.15) is 26.2 Å². The van der Waals surface area contributed by atoms with Gasteiger partial charge in [-0.25, -0.2) is 4.39 Å². The topological polar surface area (TPSA) is 66.4 Å². The number of halogens is 7. The summed E-state index contributed by atoms with van der Waals surface area (Å²) in [6, 6.07) is 0. The molecule has 1 atom stereocenters. The lowest BCUT2D eigenvalue weighted by Gasteiger charge is -2.32. The van der Waals surface area contributed by atoms with E-state index in [4.69, 9.17) is 4.55 Å². The van der Waals surface area contributed by atoms with Crippen LogP contribution < -0.4 is 5.32 Å². The average molecular weight is 417 g/mol. The maximum absolute atomic E-state index is 13.0. The second kappa shape index (κ2) is 10.9. The summed E-state index contributed by atoms with van der Waals surface area (Å²) in [5.41, 5.74) is 0. The molecule has 156 valence electrons. The summed E-state index contributed by atoms with van der Waals surface area (Å²) < 4.78 is 118. The Labute approximate surface area is 147 Å². The number of rotatable bonds is 11. The zero-order valence-corrected chi connectivity index (χ0v) is 14.8. The highest BCUT2D eigenvalue weighted by atomic mass is 32.2.